The number of rotatable bonds is 15. The molecular formula is C67H51N3OSi. The van der Waals surface area contributed by atoms with Crippen LogP contribution in [0.25, 0.3) is 0 Å². The Morgan fingerprint density at radius 3 is 0.792 bits per heavy atom. The normalized spacial score (nSPS) is 11.1. The Morgan fingerprint density at radius 2 is 0.458 bits per heavy atom. The number of benzene rings is 11. The van der Waals surface area contributed by atoms with Crippen molar-refractivity contribution in [1.29, 1.82) is 0 Å². The molecule has 5 heteroatoms. The van der Waals surface area contributed by atoms with E-state index >= 15 is 0 Å². The maximum absolute atomic E-state index is 14.1. The van der Waals surface area contributed by atoms with Crippen LogP contribution < -0.4 is 35.4 Å². The summed E-state index contributed by atoms with van der Waals surface area (Å²) in [6.07, 6.45) is 0. The van der Waals surface area contributed by atoms with Gasteiger partial charge in [-0.25, -0.2) is 0 Å². The van der Waals surface area contributed by atoms with E-state index < -0.39 is 8.07 Å². The topological polar surface area (TPSA) is 26.8 Å². The Bertz CT molecular complexity index is 3250. The molecule has 0 aliphatic carbocycles. The molecule has 0 spiro atoms. The quantitative estimate of drug-likeness (QED) is 0.0581. The van der Waals surface area contributed by atoms with Gasteiger partial charge in [-0.15, -0.1) is 0 Å². The highest BCUT2D eigenvalue weighted by molar-refractivity contribution is 7.19. The van der Waals surface area contributed by atoms with Gasteiger partial charge in [0.05, 0.1) is 0 Å². The highest BCUT2D eigenvalue weighted by atomic mass is 28.3. The number of carbonyl (C=O) groups is 1. The molecule has 0 heterocycles. The second-order valence-electron chi connectivity index (χ2n) is 17.7. The molecule has 0 aromatic heterocycles. The molecule has 11 rings (SSSR count). The van der Waals surface area contributed by atoms with Gasteiger partial charge in [0.25, 0.3) is 0 Å². The molecule has 0 saturated heterocycles. The summed E-state index contributed by atoms with van der Waals surface area (Å²) in [7, 11) is -3.05. The lowest BCUT2D eigenvalue weighted by molar-refractivity contribution is 0.103. The van der Waals surface area contributed by atoms with Gasteiger partial charge in [-0.2, -0.15) is 0 Å². The molecule has 344 valence electrons. The summed E-state index contributed by atoms with van der Waals surface area (Å²) in [6, 6.07) is 109. The molecule has 0 aliphatic heterocycles. The van der Waals surface area contributed by atoms with E-state index in [1.807, 2.05) is 36.4 Å². The third kappa shape index (κ3) is 9.04. The predicted molar refractivity (Wildman–Crippen MR) is 304 cm³/mol. The highest BCUT2D eigenvalue weighted by Crippen LogP contribution is 2.41. The van der Waals surface area contributed by atoms with Crippen LogP contribution in [0, 0.1) is 0 Å². The number of carbonyl (C=O) groups excluding carboxylic acids is 1. The van der Waals surface area contributed by atoms with Crippen LogP contribution in [-0.2, 0) is 0 Å². The zero-order valence-corrected chi connectivity index (χ0v) is 40.7. The Balaban J connectivity index is 1.06. The minimum atomic E-state index is -3.05. The van der Waals surface area contributed by atoms with Gasteiger partial charge < -0.3 is 14.7 Å². The standard InChI is InChI=1S/C67H51N3OSi/c71-67(52-23-8-1-9-24-52)53-25-22-38-66(51-53)72(63-34-18-6-19-35-63,64-36-20-7-21-37-64)65-49-47-62(48-50-65)70(60-43-39-58(40-44-60)68(54-26-10-2-11-27-54)55-28-12-3-13-29-55)61-45-41-59(42-46-61)69(56-30-14-4-15-31-56)57-32-16-5-17-33-57/h1-51H. The van der Waals surface area contributed by atoms with Crippen molar-refractivity contribution in [3.05, 3.63) is 321 Å². The highest BCUT2D eigenvalue weighted by Gasteiger charge is 2.42. The van der Waals surface area contributed by atoms with Crippen molar-refractivity contribution in [2.24, 2.45) is 0 Å². The Kier molecular flexibility index (Phi) is 13.0. The van der Waals surface area contributed by atoms with Crippen LogP contribution in [0.1, 0.15) is 15.9 Å². The van der Waals surface area contributed by atoms with E-state index in [4.69, 9.17) is 0 Å². The SMILES string of the molecule is O=C(c1ccccc1)c1cccc([Si](c2ccccc2)(c2ccccc2)c2ccc(N(c3ccc(N(c4ccccc4)c4ccccc4)cc3)c3ccc(N(c4ccccc4)c4ccccc4)cc3)cc2)c1. The van der Waals surface area contributed by atoms with Gasteiger partial charge in [-0.1, -0.05) is 200 Å². The Hall–Kier alpha value is -9.29. The summed E-state index contributed by atoms with van der Waals surface area (Å²) in [5, 5.41) is 4.82. The molecule has 0 radical (unpaired) electrons. The van der Waals surface area contributed by atoms with Crippen molar-refractivity contribution < 1.29 is 4.79 Å². The molecule has 0 amide bonds. The lowest BCUT2D eigenvalue weighted by Gasteiger charge is -2.35. The van der Waals surface area contributed by atoms with Gasteiger partial charge in [-0.05, 0) is 130 Å². The summed E-state index contributed by atoms with van der Waals surface area (Å²) in [5.74, 6) is 0.0100. The van der Waals surface area contributed by atoms with Crippen molar-refractivity contribution >= 4 is 85.8 Å². The van der Waals surface area contributed by atoms with Crippen LogP contribution in [0.3, 0.4) is 0 Å². The number of para-hydroxylation sites is 4. The van der Waals surface area contributed by atoms with Crippen molar-refractivity contribution in [2.45, 2.75) is 0 Å². The molecule has 0 aliphatic rings. The minimum absolute atomic E-state index is 0.0100. The molecule has 0 atom stereocenters. The van der Waals surface area contributed by atoms with Crippen LogP contribution >= 0.6 is 0 Å². The molecule has 0 bridgehead atoms. The fourth-order valence-corrected chi connectivity index (χ4v) is 14.8. The minimum Gasteiger partial charge on any atom is -0.311 e. The van der Waals surface area contributed by atoms with E-state index in [-0.39, 0.29) is 5.78 Å². The summed E-state index contributed by atoms with van der Waals surface area (Å²) in [6.45, 7) is 0. The summed E-state index contributed by atoms with van der Waals surface area (Å²) >= 11 is 0. The fraction of sp³-hybridized carbons (Fsp3) is 0. The van der Waals surface area contributed by atoms with Crippen LogP contribution in [0.2, 0.25) is 0 Å². The van der Waals surface area contributed by atoms with Gasteiger partial charge in [0.1, 0.15) is 0 Å². The van der Waals surface area contributed by atoms with Crippen molar-refractivity contribution in [1.82, 2.24) is 0 Å². The maximum Gasteiger partial charge on any atom is 0.193 e. The molecule has 4 nitrogen and oxygen atoms in total. The van der Waals surface area contributed by atoms with Gasteiger partial charge in [-0.3, -0.25) is 4.79 Å². The first-order valence-corrected chi connectivity index (χ1v) is 26.4. The van der Waals surface area contributed by atoms with E-state index in [0.717, 1.165) is 56.4 Å². The lowest BCUT2D eigenvalue weighted by Crippen LogP contribution is -2.74. The molecule has 11 aromatic carbocycles. The third-order valence-corrected chi connectivity index (χ3v) is 18.1. The van der Waals surface area contributed by atoms with E-state index in [2.05, 4.69) is 288 Å². The van der Waals surface area contributed by atoms with Crippen molar-refractivity contribution in [3.63, 3.8) is 0 Å². The maximum atomic E-state index is 14.1. The van der Waals surface area contributed by atoms with Gasteiger partial charge in [0, 0.05) is 62.3 Å². The van der Waals surface area contributed by atoms with E-state index in [1.54, 1.807) is 0 Å². The van der Waals surface area contributed by atoms with Crippen molar-refractivity contribution in [2.75, 3.05) is 14.7 Å². The van der Waals surface area contributed by atoms with Crippen LogP contribution in [0.4, 0.5) is 51.2 Å². The van der Waals surface area contributed by atoms with E-state index in [0.29, 0.717) is 11.1 Å². The number of hydrogen-bond donors (Lipinski definition) is 0. The number of anilines is 9. The average Bonchev–Trinajstić information content (AvgIpc) is 3.46. The fourth-order valence-electron chi connectivity index (χ4n) is 10.0. The Morgan fingerprint density at radius 1 is 0.222 bits per heavy atom. The smallest absolute Gasteiger partial charge is 0.193 e. The molecule has 0 N–H and O–H groups in total. The molecular weight excluding hydrogens is 891 g/mol. The average molecular weight is 942 g/mol. The first-order chi connectivity index (χ1) is 35.6. The summed E-state index contributed by atoms with van der Waals surface area (Å²) in [5.41, 5.74) is 10.8. The van der Waals surface area contributed by atoms with Crippen LogP contribution in [-0.4, -0.2) is 13.9 Å². The molecule has 0 fully saturated rings. The Labute approximate surface area is 423 Å². The zero-order chi connectivity index (χ0) is 48.5. The molecule has 11 aromatic rings. The van der Waals surface area contributed by atoms with Gasteiger partial charge in [0.15, 0.2) is 13.9 Å². The van der Waals surface area contributed by atoms with Crippen molar-refractivity contribution in [3.8, 4) is 0 Å². The third-order valence-electron chi connectivity index (χ3n) is 13.4. The van der Waals surface area contributed by atoms with E-state index in [9.17, 15) is 4.79 Å². The monoisotopic (exact) mass is 941 g/mol. The van der Waals surface area contributed by atoms with Gasteiger partial charge >= 0.3 is 0 Å². The number of ketones is 1. The first kappa shape index (κ1) is 45.2. The molecule has 0 saturated carbocycles. The predicted octanol–water partition coefficient (Wildman–Crippen LogP) is 14.7. The molecule has 0 unspecified atom stereocenters. The first-order valence-electron chi connectivity index (χ1n) is 24.4. The van der Waals surface area contributed by atoms with Crippen LogP contribution in [0.15, 0.2) is 309 Å². The number of hydrogen-bond acceptors (Lipinski definition) is 4. The summed E-state index contributed by atoms with van der Waals surface area (Å²) < 4.78 is 0. The van der Waals surface area contributed by atoms with E-state index in [1.165, 1.54) is 15.6 Å². The second kappa shape index (κ2) is 20.7. The largest absolute Gasteiger partial charge is 0.311 e. The lowest BCUT2D eigenvalue weighted by atomic mass is 10.0. The second-order valence-corrected chi connectivity index (χ2v) is 21.5. The summed E-state index contributed by atoms with van der Waals surface area (Å²) in [4.78, 5) is 21.1. The van der Waals surface area contributed by atoms with Gasteiger partial charge in [0.2, 0.25) is 0 Å². The zero-order valence-electron chi connectivity index (χ0n) is 39.7. The van der Waals surface area contributed by atoms with Crippen LogP contribution in [0.5, 0.6) is 0 Å². The number of nitrogens with zero attached hydrogens (tertiary/aromatic N) is 3. The molecule has 72 heavy (non-hydrogen) atoms.